The molecule has 1 saturated carbocycles. The fraction of sp³-hybridized carbons (Fsp3) is 0.917. The van der Waals surface area contributed by atoms with Crippen LogP contribution in [0.25, 0.3) is 0 Å². The van der Waals surface area contributed by atoms with Crippen molar-refractivity contribution in [3.8, 4) is 0 Å². The van der Waals surface area contributed by atoms with Gasteiger partial charge in [-0.05, 0) is 32.2 Å². The Bertz CT molecular complexity index is 242. The molecule has 1 aliphatic carbocycles. The number of nitrogens with one attached hydrogen (secondary N) is 1. The molecule has 2 aliphatic rings. The Morgan fingerprint density at radius 1 is 1.53 bits per heavy atom. The van der Waals surface area contributed by atoms with Crippen LogP contribution < -0.4 is 5.32 Å². The third-order valence-corrected chi connectivity index (χ3v) is 3.94. The van der Waals surface area contributed by atoms with E-state index in [0.717, 1.165) is 45.2 Å². The number of rotatable bonds is 4. The fourth-order valence-electron chi connectivity index (χ4n) is 2.71. The van der Waals surface area contributed by atoms with Crippen molar-refractivity contribution in [2.75, 3.05) is 20.1 Å². The summed E-state index contributed by atoms with van der Waals surface area (Å²) in [5, 5.41) is 3.32. The van der Waals surface area contributed by atoms with Crippen molar-refractivity contribution in [3.63, 3.8) is 0 Å². The van der Waals surface area contributed by atoms with Gasteiger partial charge in [-0.2, -0.15) is 0 Å². The monoisotopic (exact) mass is 210 g/mol. The van der Waals surface area contributed by atoms with Gasteiger partial charge in [0.15, 0.2) is 0 Å². The van der Waals surface area contributed by atoms with E-state index in [1.54, 1.807) is 0 Å². The van der Waals surface area contributed by atoms with Crippen molar-refractivity contribution < 1.29 is 4.79 Å². The van der Waals surface area contributed by atoms with Crippen LogP contribution in [0.3, 0.4) is 0 Å². The molecule has 1 saturated heterocycles. The van der Waals surface area contributed by atoms with Crippen molar-refractivity contribution in [3.05, 3.63) is 0 Å². The lowest BCUT2D eigenvalue weighted by molar-refractivity contribution is -0.137. The highest BCUT2D eigenvalue weighted by Gasteiger charge is 2.50. The largest absolute Gasteiger partial charge is 0.341 e. The number of amides is 1. The second-order valence-electron chi connectivity index (χ2n) is 5.09. The van der Waals surface area contributed by atoms with E-state index in [9.17, 15) is 4.79 Å². The van der Waals surface area contributed by atoms with E-state index in [1.165, 1.54) is 0 Å². The molecule has 0 aromatic heterocycles. The fourth-order valence-corrected chi connectivity index (χ4v) is 2.71. The Morgan fingerprint density at radius 2 is 2.27 bits per heavy atom. The predicted octanol–water partition coefficient (Wildman–Crippen LogP) is 1.39. The van der Waals surface area contributed by atoms with E-state index in [0.29, 0.717) is 11.9 Å². The van der Waals surface area contributed by atoms with Crippen molar-refractivity contribution in [1.29, 1.82) is 0 Å². The van der Waals surface area contributed by atoms with Crippen molar-refractivity contribution >= 4 is 5.91 Å². The van der Waals surface area contributed by atoms with Gasteiger partial charge >= 0.3 is 0 Å². The molecule has 1 N–H and O–H groups in total. The summed E-state index contributed by atoms with van der Waals surface area (Å²) in [6.07, 6.45) is 5.55. The molecule has 1 aliphatic heterocycles. The van der Waals surface area contributed by atoms with E-state index in [-0.39, 0.29) is 5.41 Å². The summed E-state index contributed by atoms with van der Waals surface area (Å²) in [6.45, 7) is 4.21. The third-order valence-electron chi connectivity index (χ3n) is 3.94. The second-order valence-corrected chi connectivity index (χ2v) is 5.09. The first-order valence-corrected chi connectivity index (χ1v) is 6.17. The van der Waals surface area contributed by atoms with Gasteiger partial charge in [-0.25, -0.2) is 0 Å². The quantitative estimate of drug-likeness (QED) is 0.760. The first-order chi connectivity index (χ1) is 7.19. The van der Waals surface area contributed by atoms with Crippen LogP contribution >= 0.6 is 0 Å². The molecule has 0 radical (unpaired) electrons. The van der Waals surface area contributed by atoms with Crippen molar-refractivity contribution in [2.24, 2.45) is 5.41 Å². The summed E-state index contributed by atoms with van der Waals surface area (Å²) in [5.74, 6) is 0.401. The number of likely N-dealkylation sites (N-methyl/N-ethyl adjacent to an activating group) is 1. The minimum absolute atomic E-state index is 0.0477. The van der Waals surface area contributed by atoms with E-state index in [2.05, 4.69) is 12.2 Å². The number of hydrogen-bond donors (Lipinski definition) is 1. The van der Waals surface area contributed by atoms with Crippen LogP contribution in [-0.4, -0.2) is 37.0 Å². The first-order valence-electron chi connectivity index (χ1n) is 6.17. The molecule has 1 unspecified atom stereocenters. The Morgan fingerprint density at radius 3 is 2.73 bits per heavy atom. The van der Waals surface area contributed by atoms with E-state index in [4.69, 9.17) is 0 Å². The maximum Gasteiger partial charge on any atom is 0.228 e. The van der Waals surface area contributed by atoms with Crippen molar-refractivity contribution in [1.82, 2.24) is 10.2 Å². The van der Waals surface area contributed by atoms with Gasteiger partial charge in [0, 0.05) is 25.0 Å². The summed E-state index contributed by atoms with van der Waals surface area (Å²) < 4.78 is 0. The minimum atomic E-state index is 0.0477. The zero-order valence-corrected chi connectivity index (χ0v) is 9.88. The molecule has 1 amide bonds. The Labute approximate surface area is 92.2 Å². The van der Waals surface area contributed by atoms with Crippen molar-refractivity contribution in [2.45, 2.75) is 45.1 Å². The van der Waals surface area contributed by atoms with Crippen LogP contribution in [0.15, 0.2) is 0 Å². The molecule has 0 aromatic rings. The number of carbonyl (C=O) groups is 1. The molecule has 0 bridgehead atoms. The molecule has 1 atom stereocenters. The van der Waals surface area contributed by atoms with E-state index >= 15 is 0 Å². The summed E-state index contributed by atoms with van der Waals surface area (Å²) >= 11 is 0. The van der Waals surface area contributed by atoms with Gasteiger partial charge in [0.2, 0.25) is 5.91 Å². The maximum absolute atomic E-state index is 12.3. The Hall–Kier alpha value is -0.570. The van der Waals surface area contributed by atoms with Crippen LogP contribution in [-0.2, 0) is 4.79 Å². The number of carbonyl (C=O) groups excluding carboxylic acids is 1. The summed E-state index contributed by atoms with van der Waals surface area (Å²) in [5.41, 5.74) is 0.0477. The van der Waals surface area contributed by atoms with Gasteiger partial charge in [-0.15, -0.1) is 0 Å². The second kappa shape index (κ2) is 4.12. The summed E-state index contributed by atoms with van der Waals surface area (Å²) in [4.78, 5) is 14.3. The molecule has 3 heteroatoms. The molecule has 0 spiro atoms. The van der Waals surface area contributed by atoms with Gasteiger partial charge in [0.1, 0.15) is 0 Å². The van der Waals surface area contributed by atoms with Gasteiger partial charge in [0.25, 0.3) is 0 Å². The molecule has 2 fully saturated rings. The molecule has 0 aromatic carbocycles. The lowest BCUT2D eigenvalue weighted by atomic mass is 9.98. The average Bonchev–Trinajstić information content (AvgIpc) is 2.82. The highest BCUT2D eigenvalue weighted by Crippen LogP contribution is 2.51. The van der Waals surface area contributed by atoms with Gasteiger partial charge < -0.3 is 10.2 Å². The Kier molecular flexibility index (Phi) is 3.01. The molecule has 15 heavy (non-hydrogen) atoms. The molecule has 86 valence electrons. The smallest absolute Gasteiger partial charge is 0.228 e. The van der Waals surface area contributed by atoms with Crippen LogP contribution in [0.1, 0.15) is 39.0 Å². The van der Waals surface area contributed by atoms with Crippen LogP contribution in [0, 0.1) is 5.41 Å². The zero-order chi connectivity index (χ0) is 10.9. The Balaban J connectivity index is 1.94. The van der Waals surface area contributed by atoms with Gasteiger partial charge in [-0.3, -0.25) is 4.79 Å². The highest BCUT2D eigenvalue weighted by molar-refractivity contribution is 5.85. The highest BCUT2D eigenvalue weighted by atomic mass is 16.2. The molecular weight excluding hydrogens is 188 g/mol. The SMILES string of the molecule is CCCC1(C(=O)N(C)C2CCNC2)CC1. The number of nitrogens with zero attached hydrogens (tertiary/aromatic N) is 1. The van der Waals surface area contributed by atoms with Gasteiger partial charge in [-0.1, -0.05) is 13.3 Å². The molecular formula is C12H22N2O. The summed E-state index contributed by atoms with van der Waals surface area (Å²) in [6, 6.07) is 0.437. The minimum Gasteiger partial charge on any atom is -0.341 e. The van der Waals surface area contributed by atoms with Crippen LogP contribution in [0.4, 0.5) is 0 Å². The summed E-state index contributed by atoms with van der Waals surface area (Å²) in [7, 11) is 1.98. The average molecular weight is 210 g/mol. The maximum atomic E-state index is 12.3. The normalized spacial score (nSPS) is 27.7. The lowest BCUT2D eigenvalue weighted by Gasteiger charge is -2.28. The third kappa shape index (κ3) is 2.03. The van der Waals surface area contributed by atoms with Crippen LogP contribution in [0.2, 0.25) is 0 Å². The standard InChI is InChI=1S/C12H22N2O/c1-3-5-12(6-7-12)11(15)14(2)10-4-8-13-9-10/h10,13H,3-9H2,1-2H3. The predicted molar refractivity (Wildman–Crippen MR) is 60.6 cm³/mol. The zero-order valence-electron chi connectivity index (χ0n) is 9.88. The lowest BCUT2D eigenvalue weighted by Crippen LogP contribution is -2.42. The van der Waals surface area contributed by atoms with E-state index < -0.39 is 0 Å². The molecule has 2 rings (SSSR count). The van der Waals surface area contributed by atoms with Gasteiger partial charge in [0.05, 0.1) is 0 Å². The topological polar surface area (TPSA) is 32.3 Å². The molecule has 1 heterocycles. The number of hydrogen-bond acceptors (Lipinski definition) is 2. The van der Waals surface area contributed by atoms with Crippen LogP contribution in [0.5, 0.6) is 0 Å². The van der Waals surface area contributed by atoms with E-state index in [1.807, 2.05) is 11.9 Å². The first kappa shape index (κ1) is 10.9. The molecule has 3 nitrogen and oxygen atoms in total.